The minimum Gasteiger partial charge on any atom is -0.493 e. The van der Waals surface area contributed by atoms with Gasteiger partial charge in [-0.3, -0.25) is 4.79 Å². The average Bonchev–Trinajstić information content (AvgIpc) is 3.48. The molecule has 37 heavy (non-hydrogen) atoms. The molecule has 2 saturated heterocycles. The fourth-order valence-corrected chi connectivity index (χ4v) is 4.99. The van der Waals surface area contributed by atoms with E-state index >= 15 is 0 Å². The van der Waals surface area contributed by atoms with Crippen molar-refractivity contribution in [1.29, 1.82) is 0 Å². The number of urea groups is 1. The van der Waals surface area contributed by atoms with Crippen LogP contribution in [0.3, 0.4) is 0 Å². The number of ether oxygens (including phenoxy) is 3. The predicted octanol–water partition coefficient (Wildman–Crippen LogP) is 2.91. The van der Waals surface area contributed by atoms with Crippen LogP contribution in [0.5, 0.6) is 17.2 Å². The van der Waals surface area contributed by atoms with E-state index in [0.29, 0.717) is 48.5 Å². The Bertz CT molecular complexity index is 1170. The van der Waals surface area contributed by atoms with Crippen LogP contribution < -0.4 is 25.3 Å². The highest BCUT2D eigenvalue weighted by molar-refractivity contribution is 5.91. The van der Waals surface area contributed by atoms with Crippen molar-refractivity contribution in [2.45, 2.75) is 37.4 Å². The number of nitrogens with two attached hydrogens (primary N) is 1. The number of rotatable bonds is 8. The van der Waals surface area contributed by atoms with Crippen molar-refractivity contribution in [3.05, 3.63) is 47.3 Å². The summed E-state index contributed by atoms with van der Waals surface area (Å²) in [5.74, 6) is -2.38. The zero-order valence-corrected chi connectivity index (χ0v) is 20.7. The first-order valence-electron chi connectivity index (χ1n) is 11.7. The number of nitrogens with one attached hydrogen (secondary N) is 1. The molecule has 0 spiro atoms. The third-order valence-electron chi connectivity index (χ3n) is 6.75. The van der Waals surface area contributed by atoms with E-state index in [1.807, 2.05) is 0 Å². The molecule has 2 fully saturated rings. The Hall–Kier alpha value is -3.67. The fraction of sp³-hybridized carbons (Fsp3) is 0.440. The number of halogens is 3. The molecule has 200 valence electrons. The van der Waals surface area contributed by atoms with Crippen LogP contribution in [0, 0.1) is 17.5 Å². The van der Waals surface area contributed by atoms with E-state index in [9.17, 15) is 22.8 Å². The number of fused-ring (bicyclic) bond motifs is 2. The van der Waals surface area contributed by atoms with Gasteiger partial charge in [0, 0.05) is 43.8 Å². The highest BCUT2D eigenvalue weighted by Crippen LogP contribution is 2.40. The molecule has 0 aliphatic carbocycles. The van der Waals surface area contributed by atoms with E-state index in [4.69, 9.17) is 19.9 Å². The van der Waals surface area contributed by atoms with Crippen LogP contribution >= 0.6 is 0 Å². The lowest BCUT2D eigenvalue weighted by molar-refractivity contribution is -0.133. The Morgan fingerprint density at radius 3 is 2.11 bits per heavy atom. The number of likely N-dealkylation sites (tertiary alicyclic amines) is 2. The van der Waals surface area contributed by atoms with Gasteiger partial charge in [-0.1, -0.05) is 0 Å². The minimum absolute atomic E-state index is 0.0840. The predicted molar refractivity (Wildman–Crippen MR) is 128 cm³/mol. The summed E-state index contributed by atoms with van der Waals surface area (Å²) in [6.45, 7) is 0.693. The van der Waals surface area contributed by atoms with Gasteiger partial charge < -0.3 is 35.1 Å². The molecule has 0 radical (unpaired) electrons. The summed E-state index contributed by atoms with van der Waals surface area (Å²) in [5.41, 5.74) is 6.40. The minimum atomic E-state index is -1.28. The Morgan fingerprint density at radius 1 is 0.946 bits per heavy atom. The molecule has 3 atom stereocenters. The number of hydrogen-bond donors (Lipinski definition) is 2. The average molecular weight is 523 g/mol. The van der Waals surface area contributed by atoms with E-state index in [1.165, 1.54) is 21.3 Å². The summed E-state index contributed by atoms with van der Waals surface area (Å²) in [7, 11) is 4.45. The number of carbonyl (C=O) groups is 2. The Balaban J connectivity index is 1.34. The number of piperazine rings is 1. The van der Waals surface area contributed by atoms with Crippen LogP contribution in [0.4, 0.5) is 23.7 Å². The Morgan fingerprint density at radius 2 is 1.54 bits per heavy atom. The van der Waals surface area contributed by atoms with Gasteiger partial charge in [0.05, 0.1) is 39.1 Å². The number of methoxy groups -OCH3 is 3. The molecular formula is C25H29F3N4O5. The second-order valence-electron chi connectivity index (χ2n) is 9.11. The lowest BCUT2D eigenvalue weighted by Gasteiger charge is -2.34. The van der Waals surface area contributed by atoms with Gasteiger partial charge in [-0.25, -0.2) is 18.0 Å². The molecule has 2 aliphatic heterocycles. The first-order chi connectivity index (χ1) is 17.6. The fourth-order valence-electron chi connectivity index (χ4n) is 4.99. The van der Waals surface area contributed by atoms with Gasteiger partial charge in [-0.15, -0.1) is 0 Å². The summed E-state index contributed by atoms with van der Waals surface area (Å²) in [6, 6.07) is 3.05. The normalized spacial score (nSPS) is 19.1. The van der Waals surface area contributed by atoms with Crippen molar-refractivity contribution in [2.24, 2.45) is 5.73 Å². The number of benzene rings is 2. The Labute approximate surface area is 212 Å². The van der Waals surface area contributed by atoms with Crippen LogP contribution in [0.1, 0.15) is 18.4 Å². The van der Waals surface area contributed by atoms with Crippen molar-refractivity contribution in [3.63, 3.8) is 0 Å². The smallest absolute Gasteiger partial charge is 0.322 e. The lowest BCUT2D eigenvalue weighted by atomic mass is 10.0. The van der Waals surface area contributed by atoms with E-state index in [-0.39, 0.29) is 42.4 Å². The molecule has 0 aromatic heterocycles. The number of carbonyl (C=O) groups excluding carboxylic acids is 2. The maximum Gasteiger partial charge on any atom is 0.322 e. The van der Waals surface area contributed by atoms with Crippen molar-refractivity contribution >= 4 is 17.6 Å². The zero-order valence-electron chi connectivity index (χ0n) is 20.7. The van der Waals surface area contributed by atoms with Crippen molar-refractivity contribution in [3.8, 4) is 17.2 Å². The highest BCUT2D eigenvalue weighted by Gasteiger charge is 2.47. The molecule has 3 amide bonds. The standard InChI is InChI=1S/C25H29F3N4O5/c1-35-21-7-15(8-22(36-2)24(21)37-3)30-25(34)32-12-16-9-17(32)11-31(16)23(33)6-14(29)4-13-5-19(27)20(28)10-18(13)26/h5,7-8,10,14,16-17H,4,6,9,11-12,29H2,1-3H3,(H,30,34)/t14-,16+,17+/m1/s1. The van der Waals surface area contributed by atoms with Gasteiger partial charge in [0.2, 0.25) is 11.7 Å². The Kier molecular flexibility index (Phi) is 7.67. The third kappa shape index (κ3) is 5.38. The van der Waals surface area contributed by atoms with E-state index in [2.05, 4.69) is 5.32 Å². The zero-order chi connectivity index (χ0) is 26.9. The molecule has 0 saturated carbocycles. The third-order valence-corrected chi connectivity index (χ3v) is 6.75. The highest BCUT2D eigenvalue weighted by atomic mass is 19.2. The number of amides is 3. The molecule has 0 unspecified atom stereocenters. The molecule has 3 N–H and O–H groups in total. The second-order valence-corrected chi connectivity index (χ2v) is 9.11. The van der Waals surface area contributed by atoms with Gasteiger partial charge in [-0.2, -0.15) is 0 Å². The van der Waals surface area contributed by atoms with E-state index in [0.717, 1.165) is 6.07 Å². The molecule has 2 aromatic carbocycles. The van der Waals surface area contributed by atoms with Crippen molar-refractivity contribution in [1.82, 2.24) is 9.80 Å². The van der Waals surface area contributed by atoms with Gasteiger partial charge in [0.25, 0.3) is 0 Å². The van der Waals surface area contributed by atoms with E-state index < -0.39 is 23.5 Å². The summed E-state index contributed by atoms with van der Waals surface area (Å²) in [6.07, 6.45) is 0.431. The van der Waals surface area contributed by atoms with Crippen LogP contribution in [-0.2, 0) is 11.2 Å². The maximum absolute atomic E-state index is 13.9. The first-order valence-corrected chi connectivity index (χ1v) is 11.7. The summed E-state index contributed by atoms with van der Waals surface area (Å²) >= 11 is 0. The SMILES string of the molecule is COc1cc(NC(=O)N2C[C@@H]3C[C@H]2CN3C(=O)C[C@H](N)Cc2cc(F)c(F)cc2F)cc(OC)c1OC. The van der Waals surface area contributed by atoms with Crippen LogP contribution in [0.2, 0.25) is 0 Å². The molecule has 4 rings (SSSR count). The van der Waals surface area contributed by atoms with Gasteiger partial charge >= 0.3 is 6.03 Å². The largest absolute Gasteiger partial charge is 0.493 e. The van der Waals surface area contributed by atoms with Crippen molar-refractivity contribution < 1.29 is 37.0 Å². The van der Waals surface area contributed by atoms with Gasteiger partial charge in [-0.05, 0) is 24.5 Å². The molecule has 2 aromatic rings. The number of hydrogen-bond acceptors (Lipinski definition) is 6. The van der Waals surface area contributed by atoms with Gasteiger partial charge in [0.1, 0.15) is 5.82 Å². The van der Waals surface area contributed by atoms with E-state index in [1.54, 1.807) is 21.9 Å². The lowest BCUT2D eigenvalue weighted by Crippen LogP contribution is -2.52. The molecule has 2 aliphatic rings. The maximum atomic E-state index is 13.9. The van der Waals surface area contributed by atoms with Crippen molar-refractivity contribution in [2.75, 3.05) is 39.7 Å². The molecule has 2 heterocycles. The van der Waals surface area contributed by atoms with Crippen LogP contribution in [-0.4, -0.2) is 74.3 Å². The van der Waals surface area contributed by atoms with Crippen LogP contribution in [0.15, 0.2) is 24.3 Å². The molecule has 9 nitrogen and oxygen atoms in total. The monoisotopic (exact) mass is 522 g/mol. The second kappa shape index (κ2) is 10.8. The van der Waals surface area contributed by atoms with Crippen LogP contribution in [0.25, 0.3) is 0 Å². The summed E-state index contributed by atoms with van der Waals surface area (Å²) in [4.78, 5) is 29.2. The molecular weight excluding hydrogens is 493 g/mol. The number of anilines is 1. The first kappa shape index (κ1) is 26.4. The number of nitrogens with zero attached hydrogens (tertiary/aromatic N) is 2. The molecule has 12 heteroatoms. The summed E-state index contributed by atoms with van der Waals surface area (Å²) < 4.78 is 56.5. The van der Waals surface area contributed by atoms with Gasteiger partial charge in [0.15, 0.2) is 23.1 Å². The topological polar surface area (TPSA) is 106 Å². The molecule has 2 bridgehead atoms. The quantitative estimate of drug-likeness (QED) is 0.517. The summed E-state index contributed by atoms with van der Waals surface area (Å²) in [5, 5.41) is 2.84.